The summed E-state index contributed by atoms with van der Waals surface area (Å²) in [5.74, 6) is 1.33. The van der Waals surface area contributed by atoms with Crippen LogP contribution in [0.1, 0.15) is 38.9 Å². The molecule has 0 amide bonds. The Morgan fingerprint density at radius 2 is 1.97 bits per heavy atom. The number of imidazole rings is 1. The van der Waals surface area contributed by atoms with E-state index in [1.807, 2.05) is 25.3 Å². The van der Waals surface area contributed by atoms with Gasteiger partial charge in [-0.15, -0.1) is 0 Å². The third kappa shape index (κ3) is 4.74. The lowest BCUT2D eigenvalue weighted by Crippen LogP contribution is -2.22. The topological polar surface area (TPSA) is 90.9 Å². The third-order valence-electron chi connectivity index (χ3n) is 5.68. The Morgan fingerprint density at radius 1 is 1.06 bits per heavy atom. The normalized spacial score (nSPS) is 11.6. The molecule has 0 aliphatic heterocycles. The molecule has 0 radical (unpaired) electrons. The van der Waals surface area contributed by atoms with Gasteiger partial charge in [-0.05, 0) is 37.6 Å². The Kier molecular flexibility index (Phi) is 7.29. The van der Waals surface area contributed by atoms with Gasteiger partial charge >= 0.3 is 0 Å². The number of nitrogen functional groups attached to an aromatic ring is 1. The average molecular weight is 433 g/mol. The Balaban J connectivity index is 1.74. The molecule has 7 nitrogen and oxygen atoms in total. The van der Waals surface area contributed by atoms with Crippen molar-refractivity contribution in [3.63, 3.8) is 0 Å². The van der Waals surface area contributed by atoms with Gasteiger partial charge in [0.05, 0.1) is 11.0 Å². The molecule has 0 saturated carbocycles. The van der Waals surface area contributed by atoms with Crippen LogP contribution in [0.3, 0.4) is 0 Å². The molecule has 3 heterocycles. The molecule has 0 saturated heterocycles. The van der Waals surface area contributed by atoms with E-state index < -0.39 is 0 Å². The molecule has 0 atom stereocenters. The first-order valence-electron chi connectivity index (χ1n) is 11.5. The Bertz CT molecular complexity index is 1170. The molecule has 4 aromatic rings. The van der Waals surface area contributed by atoms with Gasteiger partial charge in [-0.25, -0.2) is 9.97 Å². The van der Waals surface area contributed by atoms with Gasteiger partial charge in [-0.3, -0.25) is 4.98 Å². The van der Waals surface area contributed by atoms with E-state index in [2.05, 4.69) is 45.0 Å². The number of anilines is 1. The number of unbranched alkanes of at least 4 members (excludes halogenated alkanes) is 2. The number of nitrogens with one attached hydrogen (secondary N) is 1. The highest BCUT2D eigenvalue weighted by atomic mass is 16.5. The number of aromatic nitrogens is 4. The van der Waals surface area contributed by atoms with E-state index in [-0.39, 0.29) is 0 Å². The van der Waals surface area contributed by atoms with Crippen LogP contribution in [0.4, 0.5) is 5.82 Å². The predicted octanol–water partition coefficient (Wildman–Crippen LogP) is 4.55. The zero-order valence-corrected chi connectivity index (χ0v) is 19.0. The van der Waals surface area contributed by atoms with Crippen molar-refractivity contribution in [2.45, 2.75) is 46.3 Å². The molecule has 0 aliphatic rings. The van der Waals surface area contributed by atoms with Gasteiger partial charge in [0.2, 0.25) is 0 Å². The second-order valence-electron chi connectivity index (χ2n) is 7.94. The fraction of sp³-hybridized carbons (Fsp3) is 0.400. The number of hydrogen-bond acceptors (Lipinski definition) is 6. The number of benzene rings is 1. The van der Waals surface area contributed by atoms with Crippen molar-refractivity contribution < 1.29 is 4.74 Å². The molecule has 4 rings (SSSR count). The molecule has 32 heavy (non-hydrogen) atoms. The predicted molar refractivity (Wildman–Crippen MR) is 130 cm³/mol. The van der Waals surface area contributed by atoms with Gasteiger partial charge in [0.25, 0.3) is 0 Å². The molecule has 0 aliphatic carbocycles. The maximum atomic E-state index is 6.38. The first-order chi connectivity index (χ1) is 15.7. The molecule has 0 unspecified atom stereocenters. The van der Waals surface area contributed by atoms with Crippen molar-refractivity contribution in [1.82, 2.24) is 24.8 Å². The number of nitrogens with two attached hydrogens (primary N) is 1. The van der Waals surface area contributed by atoms with Crippen LogP contribution >= 0.6 is 0 Å². The maximum absolute atomic E-state index is 6.38. The van der Waals surface area contributed by atoms with Crippen LogP contribution in [-0.4, -0.2) is 39.2 Å². The van der Waals surface area contributed by atoms with E-state index >= 15 is 0 Å². The van der Waals surface area contributed by atoms with Crippen LogP contribution in [0.2, 0.25) is 0 Å². The van der Waals surface area contributed by atoms with Crippen molar-refractivity contribution in [2.75, 3.05) is 25.4 Å². The van der Waals surface area contributed by atoms with Crippen molar-refractivity contribution in [3.05, 3.63) is 48.5 Å². The minimum atomic E-state index is 0.447. The van der Waals surface area contributed by atoms with Gasteiger partial charge in [-0.2, -0.15) is 0 Å². The lowest BCUT2D eigenvalue weighted by Gasteiger charge is -2.12. The van der Waals surface area contributed by atoms with Gasteiger partial charge < -0.3 is 20.4 Å². The maximum Gasteiger partial charge on any atom is 0.152 e. The number of fused-ring (bicyclic) bond motifs is 3. The summed E-state index contributed by atoms with van der Waals surface area (Å²) in [6.45, 7) is 8.01. The number of pyridine rings is 2. The molecule has 1 aromatic carbocycles. The van der Waals surface area contributed by atoms with E-state index in [0.717, 1.165) is 58.5 Å². The van der Waals surface area contributed by atoms with Gasteiger partial charge in [0.1, 0.15) is 17.9 Å². The minimum Gasteiger partial charge on any atom is -0.382 e. The Morgan fingerprint density at radius 3 is 2.75 bits per heavy atom. The third-order valence-corrected chi connectivity index (χ3v) is 5.68. The van der Waals surface area contributed by atoms with E-state index in [0.29, 0.717) is 19.0 Å². The van der Waals surface area contributed by atoms with Crippen LogP contribution in [0, 0.1) is 0 Å². The fourth-order valence-electron chi connectivity index (χ4n) is 4.03. The zero-order chi connectivity index (χ0) is 22.3. The molecule has 0 fully saturated rings. The van der Waals surface area contributed by atoms with Crippen molar-refractivity contribution in [1.29, 1.82) is 0 Å². The van der Waals surface area contributed by atoms with Crippen LogP contribution in [-0.2, 0) is 17.9 Å². The van der Waals surface area contributed by atoms with Crippen LogP contribution in [0.5, 0.6) is 0 Å². The van der Waals surface area contributed by atoms with Gasteiger partial charge in [-0.1, -0.05) is 38.0 Å². The molecule has 0 spiro atoms. The van der Waals surface area contributed by atoms with Crippen LogP contribution in [0.15, 0.2) is 42.7 Å². The van der Waals surface area contributed by atoms with Gasteiger partial charge in [0, 0.05) is 43.0 Å². The highest BCUT2D eigenvalue weighted by Gasteiger charge is 2.17. The largest absolute Gasteiger partial charge is 0.382 e. The molecule has 168 valence electrons. The molecular weight excluding hydrogens is 400 g/mol. The SMILES string of the molecule is CCCCCNCCn1c(COCC)nc2c(N)nc3cc(-c4cccnc4)ccc3c21. The minimum absolute atomic E-state index is 0.447. The van der Waals surface area contributed by atoms with Crippen LogP contribution < -0.4 is 11.1 Å². The van der Waals surface area contributed by atoms with Crippen molar-refractivity contribution >= 4 is 27.8 Å². The van der Waals surface area contributed by atoms with Crippen molar-refractivity contribution in [2.24, 2.45) is 0 Å². The first kappa shape index (κ1) is 22.2. The second-order valence-corrected chi connectivity index (χ2v) is 7.94. The lowest BCUT2D eigenvalue weighted by molar-refractivity contribution is 0.126. The standard InChI is InChI=1S/C25H32N6O/c1-3-5-6-11-27-13-14-31-22(17-32-4-2)30-23-24(31)20-10-9-18(15-21(20)29-25(23)26)19-8-7-12-28-16-19/h7-10,12,15-16,27H,3-6,11,13-14,17H2,1-2H3,(H2,26,29). The smallest absolute Gasteiger partial charge is 0.152 e. The molecule has 3 N–H and O–H groups in total. The molecular formula is C25H32N6O. The van der Waals surface area contributed by atoms with E-state index in [1.54, 1.807) is 6.20 Å². The van der Waals surface area contributed by atoms with Crippen LogP contribution in [0.25, 0.3) is 33.1 Å². The quantitative estimate of drug-likeness (QED) is 0.338. The van der Waals surface area contributed by atoms with E-state index in [1.165, 1.54) is 19.3 Å². The fourth-order valence-corrected chi connectivity index (χ4v) is 4.03. The van der Waals surface area contributed by atoms with E-state index in [4.69, 9.17) is 15.5 Å². The summed E-state index contributed by atoms with van der Waals surface area (Å²) < 4.78 is 7.94. The highest BCUT2D eigenvalue weighted by Crippen LogP contribution is 2.31. The summed E-state index contributed by atoms with van der Waals surface area (Å²) in [4.78, 5) is 13.7. The molecule has 3 aromatic heterocycles. The second kappa shape index (κ2) is 10.5. The van der Waals surface area contributed by atoms with Crippen molar-refractivity contribution in [3.8, 4) is 11.1 Å². The number of nitrogens with zero attached hydrogens (tertiary/aromatic N) is 4. The summed E-state index contributed by atoms with van der Waals surface area (Å²) >= 11 is 0. The number of rotatable bonds is 11. The summed E-state index contributed by atoms with van der Waals surface area (Å²) in [7, 11) is 0. The summed E-state index contributed by atoms with van der Waals surface area (Å²) in [5.41, 5.74) is 11.1. The summed E-state index contributed by atoms with van der Waals surface area (Å²) in [6, 6.07) is 10.3. The highest BCUT2D eigenvalue weighted by molar-refractivity contribution is 6.07. The lowest BCUT2D eigenvalue weighted by atomic mass is 10.0. The molecule has 7 heteroatoms. The summed E-state index contributed by atoms with van der Waals surface area (Å²) in [6.07, 6.45) is 7.31. The van der Waals surface area contributed by atoms with E-state index in [9.17, 15) is 0 Å². The zero-order valence-electron chi connectivity index (χ0n) is 19.0. The average Bonchev–Trinajstić information content (AvgIpc) is 3.19. The number of hydrogen-bond donors (Lipinski definition) is 2. The molecule has 0 bridgehead atoms. The Hall–Kier alpha value is -3.03. The monoisotopic (exact) mass is 432 g/mol. The first-order valence-corrected chi connectivity index (χ1v) is 11.5. The number of ether oxygens (including phenoxy) is 1. The summed E-state index contributed by atoms with van der Waals surface area (Å²) in [5, 5.41) is 4.60. The van der Waals surface area contributed by atoms with Gasteiger partial charge in [0.15, 0.2) is 5.82 Å². The Labute approximate surface area is 189 Å².